The number of nitrogens with one attached hydrogen (secondary N) is 1. The van der Waals surface area contributed by atoms with Crippen LogP contribution in [0.3, 0.4) is 0 Å². The zero-order valence-corrected chi connectivity index (χ0v) is 12.8. The number of rotatable bonds is 7. The summed E-state index contributed by atoms with van der Waals surface area (Å²) in [4.78, 5) is 11.7. The predicted molar refractivity (Wildman–Crippen MR) is 76.3 cm³/mol. The van der Waals surface area contributed by atoms with Crippen LogP contribution in [0, 0.1) is 13.8 Å². The van der Waals surface area contributed by atoms with Crippen LogP contribution >= 0.6 is 11.8 Å². The Hall–Kier alpha value is -1.01. The molecule has 2 N–H and O–H groups in total. The van der Waals surface area contributed by atoms with Gasteiger partial charge in [-0.1, -0.05) is 5.16 Å². The highest BCUT2D eigenvalue weighted by Crippen LogP contribution is 2.14. The Kier molecular flexibility index (Phi) is 5.87. The van der Waals surface area contributed by atoms with Gasteiger partial charge in [-0.3, -0.25) is 4.79 Å². The van der Waals surface area contributed by atoms with Gasteiger partial charge in [0, 0.05) is 24.3 Å². The predicted octanol–water partition coefficient (Wildman–Crippen LogP) is 1.45. The zero-order valence-electron chi connectivity index (χ0n) is 11.9. The molecule has 19 heavy (non-hydrogen) atoms. The first-order valence-corrected chi connectivity index (χ1v) is 7.65. The highest BCUT2D eigenvalue weighted by Gasteiger charge is 2.20. The molecular weight excluding hydrogens is 264 g/mol. The molecule has 1 aromatic heterocycles. The molecule has 0 fully saturated rings. The van der Waals surface area contributed by atoms with Crippen molar-refractivity contribution in [3.8, 4) is 0 Å². The van der Waals surface area contributed by atoms with Crippen molar-refractivity contribution in [2.75, 3.05) is 18.6 Å². The van der Waals surface area contributed by atoms with Crippen molar-refractivity contribution < 1.29 is 14.4 Å². The van der Waals surface area contributed by atoms with Gasteiger partial charge in [0.1, 0.15) is 5.76 Å². The third-order valence-electron chi connectivity index (χ3n) is 2.90. The minimum absolute atomic E-state index is 0.0682. The maximum absolute atomic E-state index is 11.7. The monoisotopic (exact) mass is 286 g/mol. The minimum atomic E-state index is -0.863. The molecule has 0 aliphatic carbocycles. The SMILES string of the molecule is CSCC(C)(O)CNC(=O)CCc1c(C)noc1C. The molecule has 1 amide bonds. The second-order valence-electron chi connectivity index (χ2n) is 5.01. The smallest absolute Gasteiger partial charge is 0.220 e. The lowest BCUT2D eigenvalue weighted by molar-refractivity contribution is -0.122. The summed E-state index contributed by atoms with van der Waals surface area (Å²) in [5.74, 6) is 1.29. The largest absolute Gasteiger partial charge is 0.387 e. The molecule has 0 aliphatic rings. The minimum Gasteiger partial charge on any atom is -0.387 e. The number of thioether (sulfide) groups is 1. The van der Waals surface area contributed by atoms with Gasteiger partial charge in [-0.15, -0.1) is 0 Å². The quantitative estimate of drug-likeness (QED) is 0.793. The van der Waals surface area contributed by atoms with E-state index < -0.39 is 5.60 Å². The summed E-state index contributed by atoms with van der Waals surface area (Å²) in [7, 11) is 0. The van der Waals surface area contributed by atoms with Crippen LogP contribution in [-0.2, 0) is 11.2 Å². The molecule has 0 radical (unpaired) electrons. The highest BCUT2D eigenvalue weighted by molar-refractivity contribution is 7.98. The van der Waals surface area contributed by atoms with E-state index in [2.05, 4.69) is 10.5 Å². The molecule has 6 heteroatoms. The average molecular weight is 286 g/mol. The van der Waals surface area contributed by atoms with Gasteiger partial charge in [0.15, 0.2) is 0 Å². The molecule has 0 bridgehead atoms. The van der Waals surface area contributed by atoms with Crippen molar-refractivity contribution in [2.45, 2.75) is 39.2 Å². The van der Waals surface area contributed by atoms with Crippen LogP contribution in [0.2, 0.25) is 0 Å². The third kappa shape index (κ3) is 5.24. The van der Waals surface area contributed by atoms with Crippen LogP contribution in [0.5, 0.6) is 0 Å². The molecule has 1 atom stereocenters. The van der Waals surface area contributed by atoms with Crippen molar-refractivity contribution >= 4 is 17.7 Å². The number of carbonyl (C=O) groups excluding carboxylic acids is 1. The average Bonchev–Trinajstić information content (AvgIpc) is 2.64. The van der Waals surface area contributed by atoms with Crippen LogP contribution in [-0.4, -0.2) is 40.3 Å². The number of aryl methyl sites for hydroxylation is 2. The van der Waals surface area contributed by atoms with Crippen LogP contribution in [0.1, 0.15) is 30.4 Å². The van der Waals surface area contributed by atoms with Crippen molar-refractivity contribution in [1.82, 2.24) is 10.5 Å². The van der Waals surface area contributed by atoms with Gasteiger partial charge in [0.05, 0.1) is 11.3 Å². The number of aromatic nitrogens is 1. The Morgan fingerprint density at radius 2 is 2.21 bits per heavy atom. The molecule has 0 saturated heterocycles. The lowest BCUT2D eigenvalue weighted by Crippen LogP contribution is -2.42. The van der Waals surface area contributed by atoms with E-state index >= 15 is 0 Å². The van der Waals surface area contributed by atoms with Crippen LogP contribution in [0.15, 0.2) is 4.52 Å². The Balaban J connectivity index is 2.37. The standard InChI is InChI=1S/C13H22N2O3S/c1-9-11(10(2)18-15-9)5-6-12(16)14-7-13(3,17)8-19-4/h17H,5-8H2,1-4H3,(H,14,16). The molecule has 1 heterocycles. The Labute approximate surface area is 118 Å². The van der Waals surface area contributed by atoms with Crippen LogP contribution < -0.4 is 5.32 Å². The van der Waals surface area contributed by atoms with E-state index in [4.69, 9.17) is 4.52 Å². The lowest BCUT2D eigenvalue weighted by Gasteiger charge is -2.22. The van der Waals surface area contributed by atoms with E-state index in [1.807, 2.05) is 20.1 Å². The second kappa shape index (κ2) is 6.96. The maximum Gasteiger partial charge on any atom is 0.220 e. The van der Waals surface area contributed by atoms with E-state index in [-0.39, 0.29) is 12.5 Å². The fraction of sp³-hybridized carbons (Fsp3) is 0.692. The molecule has 1 aromatic rings. The topological polar surface area (TPSA) is 75.4 Å². The number of aliphatic hydroxyl groups is 1. The number of hydrogen-bond donors (Lipinski definition) is 2. The van der Waals surface area contributed by atoms with Crippen molar-refractivity contribution in [3.63, 3.8) is 0 Å². The fourth-order valence-electron chi connectivity index (χ4n) is 1.84. The Morgan fingerprint density at radius 3 is 2.74 bits per heavy atom. The molecule has 1 unspecified atom stereocenters. The first kappa shape index (κ1) is 16.0. The van der Waals surface area contributed by atoms with Gasteiger partial charge in [0.2, 0.25) is 5.91 Å². The van der Waals surface area contributed by atoms with Gasteiger partial charge >= 0.3 is 0 Å². The van der Waals surface area contributed by atoms with Crippen molar-refractivity contribution in [1.29, 1.82) is 0 Å². The van der Waals surface area contributed by atoms with Crippen molar-refractivity contribution in [2.24, 2.45) is 0 Å². The first-order valence-electron chi connectivity index (χ1n) is 6.25. The van der Waals surface area contributed by atoms with E-state index in [9.17, 15) is 9.90 Å². The molecular formula is C13H22N2O3S. The molecule has 0 aromatic carbocycles. The van der Waals surface area contributed by atoms with Gasteiger partial charge in [-0.2, -0.15) is 11.8 Å². The van der Waals surface area contributed by atoms with Crippen LogP contribution in [0.25, 0.3) is 0 Å². The normalized spacial score (nSPS) is 14.2. The molecule has 1 rings (SSSR count). The molecule has 0 saturated carbocycles. The Morgan fingerprint density at radius 1 is 1.53 bits per heavy atom. The fourth-order valence-corrected chi connectivity index (χ4v) is 2.56. The summed E-state index contributed by atoms with van der Waals surface area (Å²) in [6, 6.07) is 0. The lowest BCUT2D eigenvalue weighted by atomic mass is 10.1. The number of nitrogens with zero attached hydrogens (tertiary/aromatic N) is 1. The second-order valence-corrected chi connectivity index (χ2v) is 5.88. The maximum atomic E-state index is 11.7. The summed E-state index contributed by atoms with van der Waals surface area (Å²) in [6.45, 7) is 5.70. The summed E-state index contributed by atoms with van der Waals surface area (Å²) < 4.78 is 5.05. The highest BCUT2D eigenvalue weighted by atomic mass is 32.2. The van der Waals surface area contributed by atoms with E-state index in [0.29, 0.717) is 18.6 Å². The first-order chi connectivity index (χ1) is 8.85. The summed E-state index contributed by atoms with van der Waals surface area (Å²) in [6.07, 6.45) is 2.91. The van der Waals surface area contributed by atoms with Gasteiger partial charge in [-0.25, -0.2) is 0 Å². The number of carbonyl (C=O) groups is 1. The molecule has 5 nitrogen and oxygen atoms in total. The third-order valence-corrected chi connectivity index (χ3v) is 3.82. The van der Waals surface area contributed by atoms with Gasteiger partial charge in [-0.05, 0) is 33.4 Å². The summed E-state index contributed by atoms with van der Waals surface area (Å²) in [5.41, 5.74) is 0.962. The molecule has 0 spiro atoms. The zero-order chi connectivity index (χ0) is 14.5. The van der Waals surface area contributed by atoms with E-state index in [0.717, 1.165) is 17.0 Å². The number of hydrogen-bond acceptors (Lipinski definition) is 5. The van der Waals surface area contributed by atoms with E-state index in [1.165, 1.54) is 0 Å². The van der Waals surface area contributed by atoms with Crippen LogP contribution in [0.4, 0.5) is 0 Å². The molecule has 108 valence electrons. The Bertz CT molecular complexity index is 410. The summed E-state index contributed by atoms with van der Waals surface area (Å²) in [5, 5.41) is 16.6. The van der Waals surface area contributed by atoms with Crippen molar-refractivity contribution in [3.05, 3.63) is 17.0 Å². The number of amides is 1. The molecule has 0 aliphatic heterocycles. The van der Waals surface area contributed by atoms with Gasteiger partial charge < -0.3 is 14.9 Å². The van der Waals surface area contributed by atoms with Gasteiger partial charge in [0.25, 0.3) is 0 Å². The van der Waals surface area contributed by atoms with E-state index in [1.54, 1.807) is 18.7 Å². The summed E-state index contributed by atoms with van der Waals surface area (Å²) >= 11 is 1.55.